The molecule has 1 spiro atoms. The normalized spacial score (nSPS) is 37.1. The van der Waals surface area contributed by atoms with Gasteiger partial charge in [-0.05, 0) is 26.2 Å². The maximum Gasteiger partial charge on any atom is 0.159 e. The molecule has 0 saturated carbocycles. The second-order valence-electron chi connectivity index (χ2n) is 5.49. The van der Waals surface area contributed by atoms with E-state index in [2.05, 4.69) is 26.8 Å². The fourth-order valence-corrected chi connectivity index (χ4v) is 2.31. The zero-order valence-electron chi connectivity index (χ0n) is 10.1. The van der Waals surface area contributed by atoms with E-state index in [0.717, 1.165) is 19.6 Å². The summed E-state index contributed by atoms with van der Waals surface area (Å²) in [5.74, 6) is 0.461. The van der Waals surface area contributed by atoms with Gasteiger partial charge in [-0.25, -0.2) is 0 Å². The summed E-state index contributed by atoms with van der Waals surface area (Å²) in [7, 11) is 0. The molecule has 2 nitrogen and oxygen atoms in total. The smallest absolute Gasteiger partial charge is 0.159 e. The van der Waals surface area contributed by atoms with E-state index in [0.29, 0.717) is 5.92 Å². The molecule has 0 N–H and O–H groups in total. The lowest BCUT2D eigenvalue weighted by Gasteiger charge is -2.42. The largest absolute Gasteiger partial charge is 0.352 e. The molecule has 2 aliphatic rings. The Morgan fingerprint density at radius 2 is 2.00 bits per heavy atom. The van der Waals surface area contributed by atoms with Gasteiger partial charge in [0.2, 0.25) is 0 Å². The van der Waals surface area contributed by atoms with Crippen molar-refractivity contribution in [2.24, 2.45) is 11.3 Å². The van der Waals surface area contributed by atoms with Gasteiger partial charge < -0.3 is 9.47 Å². The van der Waals surface area contributed by atoms with Crippen molar-refractivity contribution in [1.29, 1.82) is 0 Å². The van der Waals surface area contributed by atoms with Crippen molar-refractivity contribution >= 4 is 0 Å². The summed E-state index contributed by atoms with van der Waals surface area (Å²) >= 11 is 0. The Labute approximate surface area is 92.6 Å². The van der Waals surface area contributed by atoms with E-state index >= 15 is 0 Å². The number of ether oxygens (including phenoxy) is 2. The first-order valence-corrected chi connectivity index (χ1v) is 6.00. The minimum Gasteiger partial charge on any atom is -0.352 e. The van der Waals surface area contributed by atoms with Gasteiger partial charge in [-0.1, -0.05) is 25.5 Å². The molecule has 0 atom stereocenters. The second-order valence-corrected chi connectivity index (χ2v) is 5.49. The summed E-state index contributed by atoms with van der Waals surface area (Å²) in [6.07, 6.45) is 5.93. The van der Waals surface area contributed by atoms with Crippen molar-refractivity contribution in [3.63, 3.8) is 0 Å². The minimum atomic E-state index is 0.0163. The molecule has 15 heavy (non-hydrogen) atoms. The van der Waals surface area contributed by atoms with Gasteiger partial charge in [-0.15, -0.1) is 0 Å². The minimum absolute atomic E-state index is 0.0163. The van der Waals surface area contributed by atoms with Gasteiger partial charge in [-0.2, -0.15) is 0 Å². The van der Waals surface area contributed by atoms with E-state index in [-0.39, 0.29) is 11.7 Å². The highest BCUT2D eigenvalue weighted by Gasteiger charge is 2.38. The molecule has 0 radical (unpaired) electrons. The molecule has 0 bridgehead atoms. The fraction of sp³-hybridized carbons (Fsp3) is 0.846. The predicted octanol–water partition coefficient (Wildman–Crippen LogP) is 3.13. The van der Waals surface area contributed by atoms with Gasteiger partial charge in [0.25, 0.3) is 0 Å². The van der Waals surface area contributed by atoms with E-state index in [4.69, 9.17) is 9.47 Å². The van der Waals surface area contributed by atoms with Crippen LogP contribution in [0.3, 0.4) is 0 Å². The zero-order chi connectivity index (χ0) is 10.9. The summed E-state index contributed by atoms with van der Waals surface area (Å²) in [6.45, 7) is 8.26. The lowest BCUT2D eigenvalue weighted by molar-refractivity contribution is -0.247. The first kappa shape index (κ1) is 11.2. The van der Waals surface area contributed by atoms with Crippen LogP contribution in [-0.2, 0) is 9.47 Å². The van der Waals surface area contributed by atoms with E-state index in [1.807, 2.05) is 0 Å². The van der Waals surface area contributed by atoms with Crippen molar-refractivity contribution in [2.75, 3.05) is 13.2 Å². The van der Waals surface area contributed by atoms with Gasteiger partial charge in [0.05, 0.1) is 13.2 Å². The molecule has 0 aromatic rings. The first-order valence-electron chi connectivity index (χ1n) is 6.00. The molecule has 1 saturated heterocycles. The fourth-order valence-electron chi connectivity index (χ4n) is 2.31. The predicted molar refractivity (Wildman–Crippen MR) is 60.6 cm³/mol. The maximum absolute atomic E-state index is 5.82. The lowest BCUT2D eigenvalue weighted by Crippen LogP contribution is -2.44. The van der Waals surface area contributed by atoms with Gasteiger partial charge in [-0.3, -0.25) is 0 Å². The number of hydrogen-bond acceptors (Lipinski definition) is 2. The Morgan fingerprint density at radius 3 is 2.47 bits per heavy atom. The van der Waals surface area contributed by atoms with Crippen molar-refractivity contribution in [3.8, 4) is 0 Å². The number of hydrogen-bond donors (Lipinski definition) is 0. The van der Waals surface area contributed by atoms with Crippen LogP contribution in [0.1, 0.15) is 40.0 Å². The van der Waals surface area contributed by atoms with E-state index in [1.54, 1.807) is 0 Å². The molecule has 0 aromatic carbocycles. The molecule has 2 heteroatoms. The van der Waals surface area contributed by atoms with Crippen molar-refractivity contribution < 1.29 is 9.47 Å². The average molecular weight is 210 g/mol. The molecule has 2 rings (SSSR count). The molecular weight excluding hydrogens is 188 g/mol. The molecule has 0 amide bonds. The van der Waals surface area contributed by atoms with Crippen molar-refractivity contribution in [1.82, 2.24) is 0 Å². The Balaban J connectivity index is 1.93. The second kappa shape index (κ2) is 4.26. The summed E-state index contributed by atoms with van der Waals surface area (Å²) in [4.78, 5) is 0. The third-order valence-corrected chi connectivity index (χ3v) is 3.59. The van der Waals surface area contributed by atoms with Gasteiger partial charge >= 0.3 is 0 Å². The third-order valence-electron chi connectivity index (χ3n) is 3.59. The number of allylic oxidation sites excluding steroid dienone is 2. The summed E-state index contributed by atoms with van der Waals surface area (Å²) < 4.78 is 11.6. The van der Waals surface area contributed by atoms with Gasteiger partial charge in [0.15, 0.2) is 6.29 Å². The Hall–Kier alpha value is -0.340. The highest BCUT2D eigenvalue weighted by Crippen LogP contribution is 2.39. The monoisotopic (exact) mass is 210 g/mol. The highest BCUT2D eigenvalue weighted by atomic mass is 16.7. The van der Waals surface area contributed by atoms with Crippen LogP contribution in [0.4, 0.5) is 0 Å². The molecule has 86 valence electrons. The van der Waals surface area contributed by atoms with Crippen LogP contribution >= 0.6 is 0 Å². The van der Waals surface area contributed by atoms with E-state index in [9.17, 15) is 0 Å². The van der Waals surface area contributed by atoms with Crippen molar-refractivity contribution in [3.05, 3.63) is 11.6 Å². The quantitative estimate of drug-likeness (QED) is 0.619. The molecule has 1 heterocycles. The van der Waals surface area contributed by atoms with Crippen LogP contribution < -0.4 is 0 Å². The van der Waals surface area contributed by atoms with E-state index < -0.39 is 0 Å². The average Bonchev–Trinajstić information content (AvgIpc) is 2.24. The first-order chi connectivity index (χ1) is 7.11. The molecular formula is C13H22O2. The SMILES string of the molecule is CC1=CCC2(CC1)COC(C(C)C)OC2. The van der Waals surface area contributed by atoms with Crippen LogP contribution in [0.25, 0.3) is 0 Å². The van der Waals surface area contributed by atoms with Crippen LogP contribution in [0, 0.1) is 11.3 Å². The summed E-state index contributed by atoms with van der Waals surface area (Å²) in [5.41, 5.74) is 1.80. The van der Waals surface area contributed by atoms with Crippen LogP contribution in [0.2, 0.25) is 0 Å². The van der Waals surface area contributed by atoms with Crippen LogP contribution in [0.15, 0.2) is 11.6 Å². The number of rotatable bonds is 1. The van der Waals surface area contributed by atoms with E-state index in [1.165, 1.54) is 18.4 Å². The van der Waals surface area contributed by atoms with Crippen LogP contribution in [-0.4, -0.2) is 19.5 Å². The van der Waals surface area contributed by atoms with Crippen LogP contribution in [0.5, 0.6) is 0 Å². The Kier molecular flexibility index (Phi) is 3.17. The lowest BCUT2D eigenvalue weighted by atomic mass is 9.76. The highest BCUT2D eigenvalue weighted by molar-refractivity contribution is 5.07. The third kappa shape index (κ3) is 2.43. The Bertz CT molecular complexity index is 247. The van der Waals surface area contributed by atoms with Gasteiger partial charge in [0.1, 0.15) is 0 Å². The Morgan fingerprint density at radius 1 is 1.33 bits per heavy atom. The molecule has 1 aliphatic heterocycles. The summed E-state index contributed by atoms with van der Waals surface area (Å²) in [5, 5.41) is 0. The molecule has 0 aromatic heterocycles. The molecule has 1 aliphatic carbocycles. The van der Waals surface area contributed by atoms with Gasteiger partial charge in [0, 0.05) is 11.3 Å². The zero-order valence-corrected chi connectivity index (χ0v) is 10.1. The molecule has 0 unspecified atom stereocenters. The summed E-state index contributed by atoms with van der Waals surface area (Å²) in [6, 6.07) is 0. The standard InChI is InChI=1S/C13H22O2/c1-10(2)12-14-8-13(9-15-12)6-4-11(3)5-7-13/h4,10,12H,5-9H2,1-3H3. The molecule has 1 fully saturated rings. The maximum atomic E-state index is 5.82. The topological polar surface area (TPSA) is 18.5 Å². The van der Waals surface area contributed by atoms with Crippen molar-refractivity contribution in [2.45, 2.75) is 46.3 Å².